The fourth-order valence-electron chi connectivity index (χ4n) is 3.34. The normalized spacial score (nSPS) is 19.2. The Balaban J connectivity index is 3.67. The number of nitrogens with zero attached hydrogens (tertiary/aromatic N) is 6. The van der Waals surface area contributed by atoms with E-state index >= 15 is 0 Å². The lowest BCUT2D eigenvalue weighted by atomic mass is 10.2. The maximum absolute atomic E-state index is 13.8. The Bertz CT molecular complexity index is 622. The van der Waals surface area contributed by atoms with Crippen molar-refractivity contribution < 1.29 is 14.4 Å². The largest absolute Gasteiger partial charge is 0.369 e. The van der Waals surface area contributed by atoms with Gasteiger partial charge >= 0.3 is 23.8 Å². The Morgan fingerprint density at radius 1 is 0.967 bits per heavy atom. The van der Waals surface area contributed by atoms with Crippen molar-refractivity contribution in [2.24, 2.45) is 4.99 Å². The number of carbonyl (C=O) groups excluding carboxylic acids is 3. The summed E-state index contributed by atoms with van der Waals surface area (Å²) in [5.74, 6) is -2.14. The van der Waals surface area contributed by atoms with Crippen molar-refractivity contribution >= 4 is 24.3 Å². The molecule has 0 aliphatic carbocycles. The van der Waals surface area contributed by atoms with Crippen molar-refractivity contribution in [1.82, 2.24) is 24.5 Å². The smallest absolute Gasteiger partial charge is 0.330 e. The van der Waals surface area contributed by atoms with Crippen LogP contribution in [0.3, 0.4) is 0 Å². The van der Waals surface area contributed by atoms with Crippen LogP contribution in [0.5, 0.6) is 0 Å². The van der Waals surface area contributed by atoms with Gasteiger partial charge in [-0.25, -0.2) is 14.6 Å². The molecule has 1 fully saturated rings. The Labute approximate surface area is 181 Å². The standard InChI is InChI=1S/C21H40N6O3/c1-8-11-14-25-18(28)21(22-17-23(4)5,27(20(25)30)16-13-10-3)26(15-12-9-2)19(29)24(6)7/h17H,8-16H2,1-7H3/b22-17+. The summed E-state index contributed by atoms with van der Waals surface area (Å²) in [5, 5.41) is 0. The van der Waals surface area contributed by atoms with Gasteiger partial charge in [-0.1, -0.05) is 40.0 Å². The Kier molecular flexibility index (Phi) is 10.1. The predicted molar refractivity (Wildman–Crippen MR) is 119 cm³/mol. The van der Waals surface area contributed by atoms with Crippen LogP contribution in [0.25, 0.3) is 0 Å². The number of hydrogen-bond donors (Lipinski definition) is 0. The number of amides is 5. The third kappa shape index (κ3) is 5.43. The van der Waals surface area contributed by atoms with Gasteiger partial charge in [-0.2, -0.15) is 0 Å². The van der Waals surface area contributed by atoms with Crippen LogP contribution in [0.4, 0.5) is 9.59 Å². The molecule has 0 radical (unpaired) electrons. The van der Waals surface area contributed by atoms with E-state index in [4.69, 9.17) is 0 Å². The highest BCUT2D eigenvalue weighted by molar-refractivity contribution is 6.08. The van der Waals surface area contributed by atoms with Crippen LogP contribution in [-0.2, 0) is 4.79 Å². The lowest BCUT2D eigenvalue weighted by Gasteiger charge is -2.42. The average molecular weight is 425 g/mol. The first kappa shape index (κ1) is 25.7. The van der Waals surface area contributed by atoms with Crippen LogP contribution in [0.2, 0.25) is 0 Å². The van der Waals surface area contributed by atoms with Gasteiger partial charge in [-0.15, -0.1) is 0 Å². The summed E-state index contributed by atoms with van der Waals surface area (Å²) >= 11 is 0. The summed E-state index contributed by atoms with van der Waals surface area (Å²) in [7, 11) is 6.90. The zero-order valence-electron chi connectivity index (χ0n) is 19.8. The molecule has 1 aliphatic rings. The predicted octanol–water partition coefficient (Wildman–Crippen LogP) is 2.88. The minimum Gasteiger partial charge on any atom is -0.369 e. The van der Waals surface area contributed by atoms with Crippen molar-refractivity contribution in [1.29, 1.82) is 0 Å². The summed E-state index contributed by atoms with van der Waals surface area (Å²) < 4.78 is 0. The molecule has 1 unspecified atom stereocenters. The van der Waals surface area contributed by atoms with E-state index in [-0.39, 0.29) is 12.1 Å². The molecule has 0 aromatic carbocycles. The Hall–Kier alpha value is -2.32. The van der Waals surface area contributed by atoms with E-state index in [1.165, 1.54) is 25.9 Å². The highest BCUT2D eigenvalue weighted by Crippen LogP contribution is 2.35. The van der Waals surface area contributed by atoms with Gasteiger partial charge in [0.25, 0.3) is 0 Å². The number of rotatable bonds is 12. The monoisotopic (exact) mass is 424 g/mol. The van der Waals surface area contributed by atoms with Crippen molar-refractivity contribution in [2.75, 3.05) is 47.8 Å². The number of carbonyl (C=O) groups is 3. The maximum atomic E-state index is 13.8. The van der Waals surface area contributed by atoms with Crippen LogP contribution in [-0.4, -0.2) is 102 Å². The van der Waals surface area contributed by atoms with E-state index in [1.807, 2.05) is 20.8 Å². The molecule has 9 heteroatoms. The third-order valence-electron chi connectivity index (χ3n) is 5.03. The number of aliphatic imine (C=N–C) groups is 1. The van der Waals surface area contributed by atoms with Crippen LogP contribution in [0, 0.1) is 0 Å². The number of urea groups is 2. The first-order valence-corrected chi connectivity index (χ1v) is 11.0. The molecule has 30 heavy (non-hydrogen) atoms. The highest BCUT2D eigenvalue weighted by atomic mass is 16.2. The average Bonchev–Trinajstić information content (AvgIpc) is 2.90. The summed E-state index contributed by atoms with van der Waals surface area (Å²) in [6.07, 6.45) is 6.22. The van der Waals surface area contributed by atoms with Crippen molar-refractivity contribution in [3.05, 3.63) is 0 Å². The quantitative estimate of drug-likeness (QED) is 0.274. The van der Waals surface area contributed by atoms with E-state index in [2.05, 4.69) is 4.99 Å². The molecule has 0 spiro atoms. The van der Waals surface area contributed by atoms with Gasteiger partial charge < -0.3 is 9.80 Å². The van der Waals surface area contributed by atoms with Gasteiger partial charge in [0, 0.05) is 47.8 Å². The van der Waals surface area contributed by atoms with Crippen LogP contribution in [0.15, 0.2) is 4.99 Å². The Morgan fingerprint density at radius 3 is 2.03 bits per heavy atom. The summed E-state index contributed by atoms with van der Waals surface area (Å²) in [6.45, 7) is 7.09. The highest BCUT2D eigenvalue weighted by Gasteiger charge is 2.62. The van der Waals surface area contributed by atoms with Crippen molar-refractivity contribution in [3.63, 3.8) is 0 Å². The minimum atomic E-state index is -1.69. The van der Waals surface area contributed by atoms with Gasteiger partial charge in [-0.05, 0) is 19.3 Å². The van der Waals surface area contributed by atoms with Gasteiger partial charge in [0.1, 0.15) is 0 Å². The van der Waals surface area contributed by atoms with Gasteiger partial charge in [0.15, 0.2) is 0 Å². The summed E-state index contributed by atoms with van der Waals surface area (Å²) in [6, 6.07) is -0.704. The van der Waals surface area contributed by atoms with Crippen LogP contribution < -0.4 is 0 Å². The summed E-state index contributed by atoms with van der Waals surface area (Å²) in [5.41, 5.74) is 0. The molecule has 5 amide bonds. The van der Waals surface area contributed by atoms with E-state index < -0.39 is 11.7 Å². The van der Waals surface area contributed by atoms with Gasteiger partial charge in [0.2, 0.25) is 0 Å². The molecular weight excluding hydrogens is 384 g/mol. The SMILES string of the molecule is CCCCN1C(=O)N(CCCC)C(/N=C/N(C)C)(N(CCCC)C(=O)N(C)C)C1=O. The number of imide groups is 1. The van der Waals surface area contributed by atoms with E-state index in [0.29, 0.717) is 32.5 Å². The molecule has 1 heterocycles. The summed E-state index contributed by atoms with van der Waals surface area (Å²) in [4.78, 5) is 52.4. The lowest BCUT2D eigenvalue weighted by molar-refractivity contribution is -0.141. The molecule has 0 aromatic heterocycles. The second-order valence-electron chi connectivity index (χ2n) is 8.12. The first-order valence-electron chi connectivity index (χ1n) is 11.0. The van der Waals surface area contributed by atoms with Crippen molar-refractivity contribution in [2.45, 2.75) is 65.1 Å². The second-order valence-corrected chi connectivity index (χ2v) is 8.12. The molecule has 0 saturated carbocycles. The van der Waals surface area contributed by atoms with Gasteiger partial charge in [-0.3, -0.25) is 19.5 Å². The number of hydrogen-bond acceptors (Lipinski definition) is 4. The molecule has 0 bridgehead atoms. The molecule has 9 nitrogen and oxygen atoms in total. The molecule has 1 saturated heterocycles. The van der Waals surface area contributed by atoms with Crippen molar-refractivity contribution in [3.8, 4) is 0 Å². The van der Waals surface area contributed by atoms with E-state index in [0.717, 1.165) is 25.7 Å². The number of unbranched alkanes of at least 4 members (excludes halogenated alkanes) is 3. The fourth-order valence-corrected chi connectivity index (χ4v) is 3.34. The Morgan fingerprint density at radius 2 is 1.53 bits per heavy atom. The molecule has 1 rings (SSSR count). The molecule has 0 N–H and O–H groups in total. The lowest BCUT2D eigenvalue weighted by Crippen LogP contribution is -2.65. The minimum absolute atomic E-state index is 0.327. The molecule has 0 aromatic rings. The zero-order chi connectivity index (χ0) is 22.9. The molecule has 172 valence electrons. The van der Waals surface area contributed by atoms with E-state index in [1.54, 1.807) is 33.1 Å². The van der Waals surface area contributed by atoms with E-state index in [9.17, 15) is 14.4 Å². The molecule has 1 aliphatic heterocycles. The van der Waals surface area contributed by atoms with Gasteiger partial charge in [0.05, 0.1) is 6.34 Å². The van der Waals surface area contributed by atoms with Crippen LogP contribution >= 0.6 is 0 Å². The van der Waals surface area contributed by atoms with Crippen LogP contribution in [0.1, 0.15) is 59.3 Å². The topological polar surface area (TPSA) is 79.8 Å². The third-order valence-corrected chi connectivity index (χ3v) is 5.03. The zero-order valence-corrected chi connectivity index (χ0v) is 19.8. The second kappa shape index (κ2) is 11.8. The molecule has 1 atom stereocenters. The maximum Gasteiger partial charge on any atom is 0.330 e. The fraction of sp³-hybridized carbons (Fsp3) is 0.810. The molecular formula is C21H40N6O3. The first-order chi connectivity index (χ1) is 14.2.